The molecule has 0 aliphatic heterocycles. The Bertz CT molecular complexity index is 209. The molecule has 0 aromatic carbocycles. The van der Waals surface area contributed by atoms with Crippen LogP contribution in [-0.4, -0.2) is 15.7 Å². The van der Waals surface area contributed by atoms with Crippen LogP contribution in [0, 0.1) is 0 Å². The highest BCUT2D eigenvalue weighted by Crippen LogP contribution is 2.26. The van der Waals surface area contributed by atoms with Crippen LogP contribution >= 0.6 is 34.8 Å². The van der Waals surface area contributed by atoms with Gasteiger partial charge in [0.15, 0.2) is 0 Å². The summed E-state index contributed by atoms with van der Waals surface area (Å²) in [6, 6.07) is 0.0214. The van der Waals surface area contributed by atoms with Gasteiger partial charge < -0.3 is 5.32 Å². The quantitative estimate of drug-likeness (QED) is 0.541. The molecule has 0 unspecified atom stereocenters. The predicted octanol–water partition coefficient (Wildman–Crippen LogP) is 2.19. The molecule has 1 atom stereocenters. The fourth-order valence-electron chi connectivity index (χ4n) is 1.00. The highest BCUT2D eigenvalue weighted by molar-refractivity contribution is 6.76. The van der Waals surface area contributed by atoms with E-state index in [1.807, 2.05) is 12.2 Å². The lowest BCUT2D eigenvalue weighted by atomic mass is 10.2. The Morgan fingerprint density at radius 1 is 1.50 bits per heavy atom. The predicted molar refractivity (Wildman–Crippen MR) is 50.6 cm³/mol. The molecule has 0 bridgehead atoms. The van der Waals surface area contributed by atoms with Gasteiger partial charge in [0, 0.05) is 6.04 Å². The minimum absolute atomic E-state index is 0.0214. The SMILES string of the molecule is O=C(N[C@H]1C=CCC1)C(Cl)(Cl)Cl. The molecular weight excluding hydrogens is 220 g/mol. The zero-order valence-corrected chi connectivity index (χ0v) is 8.46. The van der Waals surface area contributed by atoms with Gasteiger partial charge in [-0.1, -0.05) is 47.0 Å². The van der Waals surface area contributed by atoms with Gasteiger partial charge in [0.05, 0.1) is 0 Å². The third-order valence-corrected chi connectivity index (χ3v) is 2.10. The minimum atomic E-state index is -1.85. The lowest BCUT2D eigenvalue weighted by Gasteiger charge is -2.15. The summed E-state index contributed by atoms with van der Waals surface area (Å²) >= 11 is 16.1. The van der Waals surface area contributed by atoms with Gasteiger partial charge in [-0.25, -0.2) is 0 Å². The molecule has 1 N–H and O–H groups in total. The maximum atomic E-state index is 11.1. The monoisotopic (exact) mass is 227 g/mol. The summed E-state index contributed by atoms with van der Waals surface area (Å²) in [5.41, 5.74) is 0. The van der Waals surface area contributed by atoms with Crippen molar-refractivity contribution in [3.8, 4) is 0 Å². The fourth-order valence-corrected chi connectivity index (χ4v) is 1.17. The number of amides is 1. The molecule has 0 saturated heterocycles. The van der Waals surface area contributed by atoms with Crippen molar-refractivity contribution in [1.29, 1.82) is 0 Å². The largest absolute Gasteiger partial charge is 0.346 e. The smallest absolute Gasteiger partial charge is 0.272 e. The van der Waals surface area contributed by atoms with E-state index in [0.29, 0.717) is 0 Å². The Morgan fingerprint density at radius 3 is 2.58 bits per heavy atom. The van der Waals surface area contributed by atoms with Crippen LogP contribution in [0.5, 0.6) is 0 Å². The van der Waals surface area contributed by atoms with Crippen molar-refractivity contribution in [1.82, 2.24) is 5.32 Å². The van der Waals surface area contributed by atoms with Gasteiger partial charge in [-0.15, -0.1) is 0 Å². The lowest BCUT2D eigenvalue weighted by Crippen LogP contribution is -2.39. The molecule has 5 heteroatoms. The third-order valence-electron chi connectivity index (χ3n) is 1.59. The van der Waals surface area contributed by atoms with Crippen LogP contribution in [0.3, 0.4) is 0 Å². The van der Waals surface area contributed by atoms with Crippen LogP contribution in [0.4, 0.5) is 0 Å². The first-order chi connectivity index (χ1) is 5.50. The van der Waals surface area contributed by atoms with Crippen LogP contribution < -0.4 is 5.32 Å². The van der Waals surface area contributed by atoms with Gasteiger partial charge in [0.2, 0.25) is 0 Å². The van der Waals surface area contributed by atoms with Crippen LogP contribution in [-0.2, 0) is 4.79 Å². The number of alkyl halides is 3. The summed E-state index contributed by atoms with van der Waals surface area (Å²) in [5, 5.41) is 2.60. The average Bonchev–Trinajstić information content (AvgIpc) is 2.37. The van der Waals surface area contributed by atoms with E-state index < -0.39 is 9.70 Å². The second kappa shape index (κ2) is 3.86. The van der Waals surface area contributed by atoms with E-state index in [1.54, 1.807) is 0 Å². The summed E-state index contributed by atoms with van der Waals surface area (Å²) in [6.45, 7) is 0. The summed E-state index contributed by atoms with van der Waals surface area (Å²) in [6.07, 6.45) is 5.73. The van der Waals surface area contributed by atoms with Crippen molar-refractivity contribution >= 4 is 40.7 Å². The lowest BCUT2D eigenvalue weighted by molar-refractivity contribution is -0.120. The molecule has 0 aromatic rings. The van der Waals surface area contributed by atoms with Crippen molar-refractivity contribution < 1.29 is 4.79 Å². The minimum Gasteiger partial charge on any atom is -0.346 e. The van der Waals surface area contributed by atoms with Crippen LogP contribution in [0.15, 0.2) is 12.2 Å². The van der Waals surface area contributed by atoms with E-state index in [4.69, 9.17) is 34.8 Å². The van der Waals surface area contributed by atoms with E-state index in [9.17, 15) is 4.79 Å². The van der Waals surface area contributed by atoms with E-state index in [1.165, 1.54) is 0 Å². The van der Waals surface area contributed by atoms with E-state index in [-0.39, 0.29) is 6.04 Å². The number of allylic oxidation sites excluding steroid dienone is 1. The molecule has 1 rings (SSSR count). The third kappa shape index (κ3) is 2.85. The van der Waals surface area contributed by atoms with Gasteiger partial charge >= 0.3 is 0 Å². The molecule has 1 aliphatic rings. The molecule has 0 spiro atoms. The highest BCUT2D eigenvalue weighted by atomic mass is 35.6. The van der Waals surface area contributed by atoms with Gasteiger partial charge in [-0.2, -0.15) is 0 Å². The van der Waals surface area contributed by atoms with Crippen molar-refractivity contribution in [2.45, 2.75) is 22.7 Å². The number of halogens is 3. The Morgan fingerprint density at radius 2 is 2.17 bits per heavy atom. The normalized spacial score (nSPS) is 22.8. The second-order valence-corrected chi connectivity index (χ2v) is 4.86. The summed E-state index contributed by atoms with van der Waals surface area (Å²) < 4.78 is -1.85. The maximum Gasteiger partial charge on any atom is 0.272 e. The first-order valence-corrected chi connectivity index (χ1v) is 4.68. The zero-order chi connectivity index (χ0) is 9.19. The number of hydrogen-bond acceptors (Lipinski definition) is 1. The molecule has 1 amide bonds. The van der Waals surface area contributed by atoms with E-state index in [2.05, 4.69) is 5.32 Å². The first kappa shape index (κ1) is 10.2. The van der Waals surface area contributed by atoms with Gasteiger partial charge in [-0.3, -0.25) is 4.79 Å². The average molecular weight is 229 g/mol. The number of nitrogens with one attached hydrogen (secondary N) is 1. The number of carbonyl (C=O) groups excluding carboxylic acids is 1. The fraction of sp³-hybridized carbons (Fsp3) is 0.571. The van der Waals surface area contributed by atoms with Crippen molar-refractivity contribution in [2.75, 3.05) is 0 Å². The number of hydrogen-bond donors (Lipinski definition) is 1. The topological polar surface area (TPSA) is 29.1 Å². The van der Waals surface area contributed by atoms with Crippen molar-refractivity contribution in [3.05, 3.63) is 12.2 Å². The molecule has 12 heavy (non-hydrogen) atoms. The summed E-state index contributed by atoms with van der Waals surface area (Å²) in [5.74, 6) is -0.566. The highest BCUT2D eigenvalue weighted by Gasteiger charge is 2.31. The zero-order valence-electron chi connectivity index (χ0n) is 6.19. The number of carbonyl (C=O) groups is 1. The Hall–Kier alpha value is 0.0800. The molecule has 0 saturated carbocycles. The molecule has 0 aromatic heterocycles. The molecule has 0 fully saturated rings. The summed E-state index contributed by atoms with van der Waals surface area (Å²) in [4.78, 5) is 11.1. The maximum absolute atomic E-state index is 11.1. The molecule has 68 valence electrons. The van der Waals surface area contributed by atoms with Crippen LogP contribution in [0.1, 0.15) is 12.8 Å². The standard InChI is InChI=1S/C7H8Cl3NO/c8-7(9,10)6(12)11-5-3-1-2-4-5/h1,3,5H,2,4H2,(H,11,12)/t5-/m0/s1. The van der Waals surface area contributed by atoms with Crippen LogP contribution in [0.2, 0.25) is 0 Å². The van der Waals surface area contributed by atoms with Crippen LogP contribution in [0.25, 0.3) is 0 Å². The molecular formula is C7H8Cl3NO. The molecule has 2 nitrogen and oxygen atoms in total. The Kier molecular flexibility index (Phi) is 3.27. The van der Waals surface area contributed by atoms with Gasteiger partial charge in [-0.05, 0) is 12.8 Å². The number of rotatable bonds is 1. The van der Waals surface area contributed by atoms with Crippen molar-refractivity contribution in [3.63, 3.8) is 0 Å². The Balaban J connectivity index is 2.41. The van der Waals surface area contributed by atoms with Gasteiger partial charge in [0.25, 0.3) is 9.70 Å². The summed E-state index contributed by atoms with van der Waals surface area (Å²) in [7, 11) is 0. The molecule has 1 aliphatic carbocycles. The van der Waals surface area contributed by atoms with Gasteiger partial charge in [0.1, 0.15) is 0 Å². The molecule has 0 radical (unpaired) electrons. The first-order valence-electron chi connectivity index (χ1n) is 3.54. The van der Waals surface area contributed by atoms with Crippen molar-refractivity contribution in [2.24, 2.45) is 0 Å². The van der Waals surface area contributed by atoms with E-state index >= 15 is 0 Å². The Labute approximate surface area is 85.9 Å². The second-order valence-electron chi connectivity index (χ2n) is 2.58. The molecule has 0 heterocycles. The van der Waals surface area contributed by atoms with E-state index in [0.717, 1.165) is 12.8 Å².